The van der Waals surface area contributed by atoms with Crippen molar-refractivity contribution in [3.63, 3.8) is 0 Å². The highest BCUT2D eigenvalue weighted by molar-refractivity contribution is 8.00. The first kappa shape index (κ1) is 12.9. The summed E-state index contributed by atoms with van der Waals surface area (Å²) in [5.41, 5.74) is 5.92. The highest BCUT2D eigenvalue weighted by Crippen LogP contribution is 2.26. The molecule has 7 heteroatoms. The molecule has 1 atom stereocenters. The maximum absolute atomic E-state index is 10.9. The fourth-order valence-corrected chi connectivity index (χ4v) is 1.94. The Balaban J connectivity index is 2.15. The van der Waals surface area contributed by atoms with Crippen molar-refractivity contribution in [2.45, 2.75) is 17.4 Å². The van der Waals surface area contributed by atoms with Gasteiger partial charge in [0.05, 0.1) is 5.25 Å². The van der Waals surface area contributed by atoms with Crippen LogP contribution in [0.25, 0.3) is 11.5 Å². The molecule has 0 bridgehead atoms. The summed E-state index contributed by atoms with van der Waals surface area (Å²) in [6, 6.07) is 7.03. The molecule has 0 aliphatic rings. The zero-order chi connectivity index (χ0) is 13.1. The summed E-state index contributed by atoms with van der Waals surface area (Å²) in [7, 11) is 0. The SMILES string of the molecule is CC(Sc1nnc(-c2ccc(Cl)cc2)o1)C(N)=O. The van der Waals surface area contributed by atoms with Gasteiger partial charge in [-0.2, -0.15) is 0 Å². The Morgan fingerprint density at radius 2 is 2.06 bits per heavy atom. The average Bonchev–Trinajstić information content (AvgIpc) is 2.78. The van der Waals surface area contributed by atoms with E-state index in [0.29, 0.717) is 16.1 Å². The molecule has 5 nitrogen and oxygen atoms in total. The van der Waals surface area contributed by atoms with Gasteiger partial charge >= 0.3 is 0 Å². The highest BCUT2D eigenvalue weighted by Gasteiger charge is 2.16. The van der Waals surface area contributed by atoms with Gasteiger partial charge in [0.25, 0.3) is 5.22 Å². The summed E-state index contributed by atoms with van der Waals surface area (Å²) in [5, 5.41) is 8.27. The lowest BCUT2D eigenvalue weighted by Crippen LogP contribution is -2.22. The minimum atomic E-state index is -0.425. The van der Waals surface area contributed by atoms with E-state index in [-0.39, 0.29) is 0 Å². The van der Waals surface area contributed by atoms with E-state index in [4.69, 9.17) is 21.8 Å². The third kappa shape index (κ3) is 3.02. The van der Waals surface area contributed by atoms with Gasteiger partial charge in [0.1, 0.15) is 0 Å². The molecule has 1 amide bonds. The molecule has 1 aromatic carbocycles. The number of halogens is 1. The molecule has 2 N–H and O–H groups in total. The molecule has 1 aromatic heterocycles. The van der Waals surface area contributed by atoms with E-state index < -0.39 is 11.2 Å². The fraction of sp³-hybridized carbons (Fsp3) is 0.182. The number of primary amides is 1. The number of carbonyl (C=O) groups is 1. The summed E-state index contributed by atoms with van der Waals surface area (Å²) >= 11 is 6.92. The minimum Gasteiger partial charge on any atom is -0.411 e. The Labute approximate surface area is 113 Å². The summed E-state index contributed by atoms with van der Waals surface area (Å²) < 4.78 is 5.42. The highest BCUT2D eigenvalue weighted by atomic mass is 35.5. The molecule has 0 aliphatic heterocycles. The Hall–Kier alpha value is -1.53. The van der Waals surface area contributed by atoms with Crippen LogP contribution < -0.4 is 5.73 Å². The second kappa shape index (κ2) is 5.41. The summed E-state index contributed by atoms with van der Waals surface area (Å²) in [6.07, 6.45) is 0. The van der Waals surface area contributed by atoms with Crippen molar-refractivity contribution >= 4 is 29.3 Å². The number of hydrogen-bond donors (Lipinski definition) is 1. The predicted molar refractivity (Wildman–Crippen MR) is 69.3 cm³/mol. The van der Waals surface area contributed by atoms with E-state index in [0.717, 1.165) is 17.3 Å². The van der Waals surface area contributed by atoms with Gasteiger partial charge in [-0.25, -0.2) is 0 Å². The van der Waals surface area contributed by atoms with Gasteiger partial charge in [0, 0.05) is 10.6 Å². The van der Waals surface area contributed by atoms with Crippen molar-refractivity contribution in [2.24, 2.45) is 5.73 Å². The number of carbonyl (C=O) groups excluding carboxylic acids is 1. The van der Waals surface area contributed by atoms with Gasteiger partial charge in [0.2, 0.25) is 11.8 Å². The lowest BCUT2D eigenvalue weighted by molar-refractivity contribution is -0.117. The molecule has 0 radical (unpaired) electrons. The van der Waals surface area contributed by atoms with Crippen LogP contribution in [0.5, 0.6) is 0 Å². The third-order valence-electron chi connectivity index (χ3n) is 2.18. The standard InChI is InChI=1S/C11H10ClN3O2S/c1-6(9(13)16)18-11-15-14-10(17-11)7-2-4-8(12)5-3-7/h2-6H,1H3,(H2,13,16). The van der Waals surface area contributed by atoms with E-state index in [9.17, 15) is 4.79 Å². The molecule has 2 aromatic rings. The monoisotopic (exact) mass is 283 g/mol. The predicted octanol–water partition coefficient (Wildman–Crippen LogP) is 2.36. The molecule has 2 rings (SSSR count). The molecule has 0 saturated carbocycles. The molecule has 18 heavy (non-hydrogen) atoms. The number of nitrogens with two attached hydrogens (primary N) is 1. The third-order valence-corrected chi connectivity index (χ3v) is 3.38. The molecule has 1 heterocycles. The van der Waals surface area contributed by atoms with Gasteiger partial charge in [-0.3, -0.25) is 4.79 Å². The largest absolute Gasteiger partial charge is 0.411 e. The van der Waals surface area contributed by atoms with Crippen molar-refractivity contribution < 1.29 is 9.21 Å². The van der Waals surface area contributed by atoms with E-state index in [1.54, 1.807) is 31.2 Å². The second-order valence-corrected chi connectivity index (χ2v) is 5.27. The van der Waals surface area contributed by atoms with Crippen LogP contribution in [-0.4, -0.2) is 21.4 Å². The van der Waals surface area contributed by atoms with Crippen LogP contribution in [0, 0.1) is 0 Å². The average molecular weight is 284 g/mol. The van der Waals surface area contributed by atoms with Crippen LogP contribution in [0.15, 0.2) is 33.9 Å². The Morgan fingerprint density at radius 3 is 2.67 bits per heavy atom. The second-order valence-electron chi connectivity index (χ2n) is 3.54. The van der Waals surface area contributed by atoms with E-state index in [1.165, 1.54) is 0 Å². The van der Waals surface area contributed by atoms with Crippen molar-refractivity contribution in [1.29, 1.82) is 0 Å². The maximum atomic E-state index is 10.9. The number of aromatic nitrogens is 2. The van der Waals surface area contributed by atoms with Gasteiger partial charge in [0.15, 0.2) is 0 Å². The molecule has 94 valence electrons. The summed E-state index contributed by atoms with van der Waals surface area (Å²) in [5.74, 6) is -0.0444. The van der Waals surface area contributed by atoms with E-state index >= 15 is 0 Å². The van der Waals surface area contributed by atoms with Crippen molar-refractivity contribution in [2.75, 3.05) is 0 Å². The van der Waals surface area contributed by atoms with Crippen molar-refractivity contribution in [3.8, 4) is 11.5 Å². The molecule has 0 fully saturated rings. The Bertz CT molecular complexity index is 556. The van der Waals surface area contributed by atoms with E-state index in [1.807, 2.05) is 0 Å². The summed E-state index contributed by atoms with van der Waals surface area (Å²) in [6.45, 7) is 1.68. The minimum absolute atomic E-state index is 0.311. The first-order chi connectivity index (χ1) is 8.56. The fourth-order valence-electron chi connectivity index (χ4n) is 1.18. The lowest BCUT2D eigenvalue weighted by Gasteiger charge is -2.00. The topological polar surface area (TPSA) is 82.0 Å². The number of benzene rings is 1. The smallest absolute Gasteiger partial charge is 0.277 e. The molecular weight excluding hydrogens is 274 g/mol. The molecular formula is C11H10ClN3O2S. The molecule has 0 saturated heterocycles. The van der Waals surface area contributed by atoms with Crippen molar-refractivity contribution in [3.05, 3.63) is 29.3 Å². The molecule has 0 aliphatic carbocycles. The van der Waals surface area contributed by atoms with Gasteiger partial charge < -0.3 is 10.2 Å². The van der Waals surface area contributed by atoms with Crippen LogP contribution in [0.2, 0.25) is 5.02 Å². The number of thioether (sulfide) groups is 1. The maximum Gasteiger partial charge on any atom is 0.277 e. The quantitative estimate of drug-likeness (QED) is 0.871. The van der Waals surface area contributed by atoms with Crippen LogP contribution in [0.1, 0.15) is 6.92 Å². The van der Waals surface area contributed by atoms with Crippen LogP contribution in [0.4, 0.5) is 0 Å². The summed E-state index contributed by atoms with van der Waals surface area (Å²) in [4.78, 5) is 10.9. The Kier molecular flexibility index (Phi) is 3.88. The lowest BCUT2D eigenvalue weighted by atomic mass is 10.2. The number of amides is 1. The first-order valence-corrected chi connectivity index (χ1v) is 6.37. The molecule has 1 unspecified atom stereocenters. The Morgan fingerprint density at radius 1 is 1.39 bits per heavy atom. The first-order valence-electron chi connectivity index (χ1n) is 5.11. The zero-order valence-corrected chi connectivity index (χ0v) is 11.0. The van der Waals surface area contributed by atoms with Crippen molar-refractivity contribution in [1.82, 2.24) is 10.2 Å². The van der Waals surface area contributed by atoms with Gasteiger partial charge in [-0.05, 0) is 31.2 Å². The zero-order valence-electron chi connectivity index (χ0n) is 9.46. The number of nitrogens with zero attached hydrogens (tertiary/aromatic N) is 2. The van der Waals surface area contributed by atoms with Crippen LogP contribution >= 0.6 is 23.4 Å². The van der Waals surface area contributed by atoms with Gasteiger partial charge in [-0.1, -0.05) is 23.4 Å². The number of rotatable bonds is 4. The number of hydrogen-bond acceptors (Lipinski definition) is 5. The normalized spacial score (nSPS) is 12.3. The van der Waals surface area contributed by atoms with E-state index in [2.05, 4.69) is 10.2 Å². The van der Waals surface area contributed by atoms with Crippen LogP contribution in [0.3, 0.4) is 0 Å². The molecule has 0 spiro atoms. The van der Waals surface area contributed by atoms with Crippen LogP contribution in [-0.2, 0) is 4.79 Å². The van der Waals surface area contributed by atoms with Gasteiger partial charge in [-0.15, -0.1) is 10.2 Å².